The first kappa shape index (κ1) is 21.5. The number of nitrogens with one attached hydrogen (secondary N) is 1. The fourth-order valence-electron chi connectivity index (χ4n) is 3.46. The zero-order valence-corrected chi connectivity index (χ0v) is 17.4. The third-order valence-corrected chi connectivity index (χ3v) is 5.03. The van der Waals surface area contributed by atoms with E-state index in [0.29, 0.717) is 0 Å². The fraction of sp³-hybridized carbons (Fsp3) is 0.0400. The van der Waals surface area contributed by atoms with Gasteiger partial charge < -0.3 is 15.6 Å². The van der Waals surface area contributed by atoms with Gasteiger partial charge in [0.15, 0.2) is 0 Å². The molecule has 0 aliphatic heterocycles. The SMILES string of the molecule is N=C(N)N(C(=O)OCc1cccc(-c2nccc3ccccc23)c1)c1ccc(C(=O)O)cc1. The number of aromatic carboxylic acids is 1. The van der Waals surface area contributed by atoms with Gasteiger partial charge in [-0.2, -0.15) is 0 Å². The molecule has 0 radical (unpaired) electrons. The second-order valence-corrected chi connectivity index (χ2v) is 7.21. The first-order chi connectivity index (χ1) is 15.9. The van der Waals surface area contributed by atoms with Gasteiger partial charge in [-0.25, -0.2) is 14.5 Å². The summed E-state index contributed by atoms with van der Waals surface area (Å²) in [5.41, 5.74) is 8.29. The van der Waals surface area contributed by atoms with E-state index < -0.39 is 18.0 Å². The topological polar surface area (TPSA) is 130 Å². The standard InChI is InChI=1S/C25H20N4O4/c26-24(27)29(20-10-8-18(9-11-20)23(30)31)25(32)33-15-16-4-3-6-19(14-16)22-21-7-2-1-5-17(21)12-13-28-22/h1-14H,15H2,(H3,26,27)(H,30,31). The van der Waals surface area contributed by atoms with Gasteiger partial charge in [-0.15, -0.1) is 0 Å². The Balaban J connectivity index is 1.53. The zero-order chi connectivity index (χ0) is 23.4. The number of guanidine groups is 1. The van der Waals surface area contributed by atoms with Crippen molar-refractivity contribution in [3.05, 3.63) is 96.2 Å². The number of carboxylic acids is 1. The van der Waals surface area contributed by atoms with Crippen molar-refractivity contribution in [3.63, 3.8) is 0 Å². The highest BCUT2D eigenvalue weighted by Crippen LogP contribution is 2.27. The number of carbonyl (C=O) groups is 2. The second-order valence-electron chi connectivity index (χ2n) is 7.21. The Morgan fingerprint density at radius 2 is 1.76 bits per heavy atom. The van der Waals surface area contributed by atoms with E-state index in [1.54, 1.807) is 6.20 Å². The van der Waals surface area contributed by atoms with E-state index in [1.807, 2.05) is 54.6 Å². The minimum absolute atomic E-state index is 0.0472. The van der Waals surface area contributed by atoms with Crippen LogP contribution in [0.3, 0.4) is 0 Å². The van der Waals surface area contributed by atoms with Crippen LogP contribution in [0.1, 0.15) is 15.9 Å². The molecule has 4 aromatic rings. The van der Waals surface area contributed by atoms with Gasteiger partial charge in [-0.1, -0.05) is 42.5 Å². The first-order valence-electron chi connectivity index (χ1n) is 10.0. The highest BCUT2D eigenvalue weighted by molar-refractivity contribution is 6.12. The third-order valence-electron chi connectivity index (χ3n) is 5.03. The number of nitrogens with two attached hydrogens (primary N) is 1. The van der Waals surface area contributed by atoms with E-state index in [9.17, 15) is 9.59 Å². The van der Waals surface area contributed by atoms with Crippen LogP contribution < -0.4 is 10.6 Å². The number of hydrogen-bond acceptors (Lipinski definition) is 5. The summed E-state index contributed by atoms with van der Waals surface area (Å²) >= 11 is 0. The van der Waals surface area contributed by atoms with Gasteiger partial charge in [-0.3, -0.25) is 10.4 Å². The van der Waals surface area contributed by atoms with Crippen molar-refractivity contribution in [2.75, 3.05) is 4.90 Å². The third kappa shape index (κ3) is 4.64. The number of carbonyl (C=O) groups excluding carboxylic acids is 1. The van der Waals surface area contributed by atoms with Gasteiger partial charge >= 0.3 is 12.1 Å². The lowest BCUT2D eigenvalue weighted by Gasteiger charge is -2.20. The van der Waals surface area contributed by atoms with E-state index >= 15 is 0 Å². The molecule has 8 nitrogen and oxygen atoms in total. The predicted molar refractivity (Wildman–Crippen MR) is 125 cm³/mol. The summed E-state index contributed by atoms with van der Waals surface area (Å²) in [4.78, 5) is 29.1. The smallest absolute Gasteiger partial charge is 0.421 e. The molecule has 0 aliphatic carbocycles. The summed E-state index contributed by atoms with van der Waals surface area (Å²) in [5, 5.41) is 18.9. The highest BCUT2D eigenvalue weighted by Gasteiger charge is 2.21. The summed E-state index contributed by atoms with van der Waals surface area (Å²) in [6, 6.07) is 22.8. The molecule has 0 saturated heterocycles. The maximum atomic E-state index is 12.7. The average molecular weight is 440 g/mol. The fourth-order valence-corrected chi connectivity index (χ4v) is 3.46. The van der Waals surface area contributed by atoms with Crippen molar-refractivity contribution in [1.82, 2.24) is 4.98 Å². The van der Waals surface area contributed by atoms with Crippen molar-refractivity contribution in [3.8, 4) is 11.3 Å². The maximum absolute atomic E-state index is 12.7. The molecule has 0 saturated carbocycles. The maximum Gasteiger partial charge on any atom is 0.421 e. The van der Waals surface area contributed by atoms with Crippen molar-refractivity contribution in [2.45, 2.75) is 6.61 Å². The van der Waals surface area contributed by atoms with E-state index in [1.165, 1.54) is 24.3 Å². The Labute approximate surface area is 189 Å². The van der Waals surface area contributed by atoms with E-state index in [2.05, 4.69) is 4.98 Å². The van der Waals surface area contributed by atoms with Gasteiger partial charge in [0.05, 0.1) is 16.9 Å². The predicted octanol–water partition coefficient (Wildman–Crippen LogP) is 4.64. The Hall–Kier alpha value is -4.72. The number of nitrogens with zero attached hydrogens (tertiary/aromatic N) is 2. The quantitative estimate of drug-likeness (QED) is 0.306. The molecular formula is C25H20N4O4. The molecule has 0 spiro atoms. The minimum Gasteiger partial charge on any atom is -0.478 e. The molecule has 0 aliphatic rings. The van der Waals surface area contributed by atoms with Crippen molar-refractivity contribution < 1.29 is 19.4 Å². The molecule has 1 aromatic heterocycles. The zero-order valence-electron chi connectivity index (χ0n) is 17.4. The van der Waals surface area contributed by atoms with Gasteiger partial charge in [0.2, 0.25) is 5.96 Å². The van der Waals surface area contributed by atoms with E-state index in [4.69, 9.17) is 21.0 Å². The summed E-state index contributed by atoms with van der Waals surface area (Å²) in [5.74, 6) is -1.64. The Bertz CT molecular complexity index is 1350. The first-order valence-corrected chi connectivity index (χ1v) is 10.0. The van der Waals surface area contributed by atoms with Crippen LogP contribution in [0.5, 0.6) is 0 Å². The van der Waals surface area contributed by atoms with Crippen molar-refractivity contribution >= 4 is 34.5 Å². The lowest BCUT2D eigenvalue weighted by molar-refractivity contribution is 0.0697. The number of rotatable bonds is 5. The second kappa shape index (κ2) is 9.19. The number of fused-ring (bicyclic) bond motifs is 1. The van der Waals surface area contributed by atoms with Crippen LogP contribution >= 0.6 is 0 Å². The van der Waals surface area contributed by atoms with Crippen LogP contribution in [0.25, 0.3) is 22.0 Å². The van der Waals surface area contributed by atoms with Gasteiger partial charge in [0.25, 0.3) is 0 Å². The summed E-state index contributed by atoms with van der Waals surface area (Å²) < 4.78 is 5.39. The van der Waals surface area contributed by atoms with E-state index in [0.717, 1.165) is 32.5 Å². The molecule has 0 atom stereocenters. The number of benzene rings is 3. The van der Waals surface area contributed by atoms with Crippen LogP contribution in [0.4, 0.5) is 10.5 Å². The van der Waals surface area contributed by atoms with Gasteiger partial charge in [-0.05, 0) is 47.3 Å². The number of hydrogen-bond donors (Lipinski definition) is 3. The Kier molecular flexibility index (Phi) is 5.99. The number of pyridine rings is 1. The normalized spacial score (nSPS) is 10.5. The van der Waals surface area contributed by atoms with Crippen LogP contribution in [0.2, 0.25) is 0 Å². The van der Waals surface area contributed by atoms with Crippen LogP contribution in [0, 0.1) is 5.41 Å². The number of anilines is 1. The highest BCUT2D eigenvalue weighted by atomic mass is 16.6. The van der Waals surface area contributed by atoms with Crippen molar-refractivity contribution in [2.24, 2.45) is 5.73 Å². The van der Waals surface area contributed by atoms with Crippen molar-refractivity contribution in [1.29, 1.82) is 5.41 Å². The molecule has 164 valence electrons. The number of carboxylic acid groups (broad SMARTS) is 1. The average Bonchev–Trinajstić information content (AvgIpc) is 2.83. The molecule has 3 aromatic carbocycles. The summed E-state index contributed by atoms with van der Waals surface area (Å²) in [6.07, 6.45) is 0.907. The molecule has 4 N–H and O–H groups in total. The largest absolute Gasteiger partial charge is 0.478 e. The molecule has 8 heteroatoms. The Morgan fingerprint density at radius 1 is 1.00 bits per heavy atom. The molecule has 33 heavy (non-hydrogen) atoms. The summed E-state index contributed by atoms with van der Waals surface area (Å²) in [7, 11) is 0. The molecule has 1 amide bonds. The minimum atomic E-state index is -1.10. The lowest BCUT2D eigenvalue weighted by Crippen LogP contribution is -2.41. The summed E-state index contributed by atoms with van der Waals surface area (Å²) in [6.45, 7) is -0.0472. The number of aromatic nitrogens is 1. The molecule has 0 fully saturated rings. The molecule has 0 bridgehead atoms. The van der Waals surface area contributed by atoms with Crippen LogP contribution in [-0.2, 0) is 11.3 Å². The number of ether oxygens (including phenoxy) is 1. The van der Waals surface area contributed by atoms with Crippen LogP contribution in [0.15, 0.2) is 85.1 Å². The lowest BCUT2D eigenvalue weighted by atomic mass is 10.0. The molecule has 0 unspecified atom stereocenters. The molecule has 4 rings (SSSR count). The molecular weight excluding hydrogens is 420 g/mol. The monoisotopic (exact) mass is 440 g/mol. The number of amides is 1. The van der Waals surface area contributed by atoms with Gasteiger partial charge in [0.1, 0.15) is 6.61 Å². The van der Waals surface area contributed by atoms with E-state index in [-0.39, 0.29) is 17.9 Å². The van der Waals surface area contributed by atoms with Crippen LogP contribution in [-0.4, -0.2) is 28.1 Å². The molecule has 1 heterocycles. The van der Waals surface area contributed by atoms with Gasteiger partial charge in [0, 0.05) is 17.1 Å². The Morgan fingerprint density at radius 3 is 2.48 bits per heavy atom.